The summed E-state index contributed by atoms with van der Waals surface area (Å²) in [5.74, 6) is 0.0790. The van der Waals surface area contributed by atoms with E-state index in [2.05, 4.69) is 24.3 Å². The Bertz CT molecular complexity index is 1570. The zero-order valence-electron chi connectivity index (χ0n) is 17.5. The van der Waals surface area contributed by atoms with Crippen LogP contribution in [0.4, 0.5) is 0 Å². The molecule has 0 fully saturated rings. The van der Waals surface area contributed by atoms with Crippen molar-refractivity contribution in [3.63, 3.8) is 0 Å². The number of hydrogen-bond donors (Lipinski definition) is 0. The van der Waals surface area contributed by atoms with Crippen LogP contribution in [0.3, 0.4) is 0 Å². The van der Waals surface area contributed by atoms with Crippen LogP contribution >= 0.6 is 34.5 Å². The van der Waals surface area contributed by atoms with E-state index in [0.29, 0.717) is 5.58 Å². The van der Waals surface area contributed by atoms with Gasteiger partial charge >= 0.3 is 0 Å². The molecule has 0 atom stereocenters. The van der Waals surface area contributed by atoms with Crippen LogP contribution in [0.25, 0.3) is 38.8 Å². The predicted molar refractivity (Wildman–Crippen MR) is 138 cm³/mol. The van der Waals surface area contributed by atoms with Gasteiger partial charge in [0.1, 0.15) is 11.3 Å². The number of benzene rings is 3. The molecule has 0 aliphatic heterocycles. The SMILES string of the molecule is O=C1C(=Cc2cc3oc(-c4ccc(-c5ccccc5)cc4)cc3s2)C(=O)c2cc(Cl)c(Cl)cc21. The molecule has 2 aromatic heterocycles. The molecule has 0 saturated carbocycles. The van der Waals surface area contributed by atoms with E-state index in [4.69, 9.17) is 27.6 Å². The van der Waals surface area contributed by atoms with Crippen LogP contribution in [0.2, 0.25) is 10.0 Å². The molecule has 3 nitrogen and oxygen atoms in total. The number of halogens is 2. The van der Waals surface area contributed by atoms with Crippen LogP contribution in [0, 0.1) is 0 Å². The topological polar surface area (TPSA) is 47.3 Å². The van der Waals surface area contributed by atoms with E-state index in [1.54, 1.807) is 6.08 Å². The van der Waals surface area contributed by atoms with Crippen molar-refractivity contribution in [3.8, 4) is 22.5 Å². The molecule has 0 spiro atoms. The molecular formula is C28H14Cl2O3S. The highest BCUT2D eigenvalue weighted by atomic mass is 35.5. The lowest BCUT2D eigenvalue weighted by Crippen LogP contribution is -1.99. The fourth-order valence-corrected chi connectivity index (χ4v) is 5.41. The molecule has 0 unspecified atom stereocenters. The summed E-state index contributed by atoms with van der Waals surface area (Å²) in [4.78, 5) is 26.3. The number of rotatable bonds is 3. The lowest BCUT2D eigenvalue weighted by atomic mass is 10.0. The molecule has 0 radical (unpaired) electrons. The summed E-state index contributed by atoms with van der Waals surface area (Å²) in [6.45, 7) is 0. The highest BCUT2D eigenvalue weighted by Crippen LogP contribution is 2.38. The summed E-state index contributed by atoms with van der Waals surface area (Å²) in [5.41, 5.74) is 4.66. The van der Waals surface area contributed by atoms with Crippen LogP contribution < -0.4 is 0 Å². The monoisotopic (exact) mass is 500 g/mol. The molecule has 34 heavy (non-hydrogen) atoms. The quantitative estimate of drug-likeness (QED) is 0.184. The highest BCUT2D eigenvalue weighted by molar-refractivity contribution is 7.19. The van der Waals surface area contributed by atoms with Crippen LogP contribution in [0.1, 0.15) is 25.6 Å². The molecule has 164 valence electrons. The van der Waals surface area contributed by atoms with Crippen molar-refractivity contribution in [2.24, 2.45) is 0 Å². The lowest BCUT2D eigenvalue weighted by Gasteiger charge is -2.02. The molecule has 0 bridgehead atoms. The summed E-state index contributed by atoms with van der Waals surface area (Å²) in [7, 11) is 0. The van der Waals surface area contributed by atoms with Crippen LogP contribution in [0.5, 0.6) is 0 Å². The Morgan fingerprint density at radius 1 is 0.706 bits per heavy atom. The minimum absolute atomic E-state index is 0.106. The molecule has 6 heteroatoms. The number of furan rings is 1. The van der Waals surface area contributed by atoms with Gasteiger partial charge in [0.05, 0.1) is 20.3 Å². The Morgan fingerprint density at radius 3 is 1.91 bits per heavy atom. The Labute approximate surface area is 208 Å². The van der Waals surface area contributed by atoms with Gasteiger partial charge in [-0.2, -0.15) is 0 Å². The van der Waals surface area contributed by atoms with Crippen LogP contribution in [-0.4, -0.2) is 11.6 Å². The van der Waals surface area contributed by atoms with E-state index in [1.807, 2.05) is 42.5 Å². The van der Waals surface area contributed by atoms with E-state index in [9.17, 15) is 9.59 Å². The summed E-state index contributed by atoms with van der Waals surface area (Å²) < 4.78 is 7.01. The molecule has 1 aliphatic carbocycles. The first-order valence-corrected chi connectivity index (χ1v) is 12.0. The van der Waals surface area contributed by atoms with Crippen molar-refractivity contribution in [3.05, 3.63) is 110 Å². The first-order chi connectivity index (χ1) is 16.5. The second-order valence-corrected chi connectivity index (χ2v) is 9.89. The summed E-state index contributed by atoms with van der Waals surface area (Å²) in [6.07, 6.45) is 1.61. The van der Waals surface area contributed by atoms with Gasteiger partial charge in [-0.05, 0) is 35.4 Å². The van der Waals surface area contributed by atoms with Crippen molar-refractivity contribution in [2.45, 2.75) is 0 Å². The zero-order chi connectivity index (χ0) is 23.4. The van der Waals surface area contributed by atoms with Gasteiger partial charge in [-0.25, -0.2) is 0 Å². The minimum atomic E-state index is -0.345. The Balaban J connectivity index is 1.29. The van der Waals surface area contributed by atoms with Crippen molar-refractivity contribution in [2.75, 3.05) is 0 Å². The van der Waals surface area contributed by atoms with Gasteiger partial charge in [0.15, 0.2) is 11.6 Å². The van der Waals surface area contributed by atoms with Gasteiger partial charge in [0, 0.05) is 27.6 Å². The third-order valence-corrected chi connectivity index (χ3v) is 7.56. The molecular weight excluding hydrogens is 487 g/mol. The molecule has 0 N–H and O–H groups in total. The van der Waals surface area contributed by atoms with E-state index in [-0.39, 0.29) is 38.3 Å². The van der Waals surface area contributed by atoms with Crippen molar-refractivity contribution < 1.29 is 14.0 Å². The standard InChI is InChI=1S/C28H14Cl2O3S/c29-22-12-19-20(13-23(22)30)28(32)21(27(19)31)10-18-11-25-26(34-18)14-24(33-25)17-8-6-16(7-9-17)15-4-2-1-3-5-15/h1-14H. The Hall–Kier alpha value is -3.44. The van der Waals surface area contributed by atoms with Gasteiger partial charge in [-0.15, -0.1) is 11.3 Å². The van der Waals surface area contributed by atoms with Crippen molar-refractivity contribution in [1.82, 2.24) is 0 Å². The van der Waals surface area contributed by atoms with Crippen molar-refractivity contribution in [1.29, 1.82) is 0 Å². The number of fused-ring (bicyclic) bond motifs is 2. The van der Waals surface area contributed by atoms with Gasteiger partial charge < -0.3 is 4.42 Å². The maximum atomic E-state index is 12.8. The maximum Gasteiger partial charge on any atom is 0.197 e. The average Bonchev–Trinajstić information content (AvgIpc) is 3.48. The highest BCUT2D eigenvalue weighted by Gasteiger charge is 2.34. The van der Waals surface area contributed by atoms with E-state index >= 15 is 0 Å². The van der Waals surface area contributed by atoms with Crippen LogP contribution in [-0.2, 0) is 0 Å². The minimum Gasteiger partial charge on any atom is -0.455 e. The van der Waals surface area contributed by atoms with Gasteiger partial charge in [0.25, 0.3) is 0 Å². The van der Waals surface area contributed by atoms with Gasteiger partial charge in [-0.3, -0.25) is 9.59 Å². The largest absolute Gasteiger partial charge is 0.455 e. The molecule has 6 rings (SSSR count). The summed E-state index contributed by atoms with van der Waals surface area (Å²) in [5, 5.41) is 0.501. The molecule has 0 saturated heterocycles. The Morgan fingerprint density at radius 2 is 1.29 bits per heavy atom. The zero-order valence-corrected chi connectivity index (χ0v) is 19.8. The number of carbonyl (C=O) groups is 2. The van der Waals surface area contributed by atoms with Crippen molar-refractivity contribution >= 4 is 62.5 Å². The number of ketones is 2. The maximum absolute atomic E-state index is 12.8. The molecule has 0 amide bonds. The fraction of sp³-hybridized carbons (Fsp3) is 0. The molecule has 2 heterocycles. The van der Waals surface area contributed by atoms with Crippen LogP contribution in [0.15, 0.2) is 88.9 Å². The summed E-state index contributed by atoms with van der Waals surface area (Å²) in [6, 6.07) is 25.2. The first kappa shape index (κ1) is 21.1. The van der Waals surface area contributed by atoms with E-state index in [1.165, 1.54) is 23.5 Å². The second kappa shape index (κ2) is 8.10. The number of thiophene rings is 1. The molecule has 1 aliphatic rings. The number of Topliss-reactive ketones (excluding diaryl/α,β-unsaturated/α-hetero) is 2. The Kier molecular flexibility index (Phi) is 5.03. The van der Waals surface area contributed by atoms with E-state index in [0.717, 1.165) is 32.0 Å². The van der Waals surface area contributed by atoms with E-state index < -0.39 is 0 Å². The molecule has 3 aromatic carbocycles. The predicted octanol–water partition coefficient (Wildman–Crippen LogP) is 8.60. The van der Waals surface area contributed by atoms with Gasteiger partial charge in [-0.1, -0.05) is 77.8 Å². The fourth-order valence-electron chi connectivity index (χ4n) is 4.11. The lowest BCUT2D eigenvalue weighted by molar-refractivity contribution is 0.0990. The smallest absolute Gasteiger partial charge is 0.197 e. The number of allylic oxidation sites excluding steroid dienone is 1. The third-order valence-electron chi connectivity index (χ3n) is 5.83. The van der Waals surface area contributed by atoms with Gasteiger partial charge in [0.2, 0.25) is 0 Å². The molecule has 5 aromatic rings. The number of hydrogen-bond acceptors (Lipinski definition) is 4. The number of carbonyl (C=O) groups excluding carboxylic acids is 2. The summed E-state index contributed by atoms with van der Waals surface area (Å²) >= 11 is 13.5. The first-order valence-electron chi connectivity index (χ1n) is 10.5. The third kappa shape index (κ3) is 3.51. The second-order valence-electron chi connectivity index (χ2n) is 7.96. The normalized spacial score (nSPS) is 13.1. The average molecular weight is 501 g/mol.